The number of amides is 1. The standard InChI is InChI=1S/C24H17ClFNO3S/c25-15-6-9-19(21(26)12-15)17-2-1-3-20-18(17)10-11-22(20)30-16-7-4-14(5-8-16)23-13-24(28)27-31(23)29/h1-9,12-13,22H,10-11H2,(H,27,28)/t22-,31?/m1/s1. The lowest BCUT2D eigenvalue weighted by atomic mass is 9.96. The molecule has 1 unspecified atom stereocenters. The molecule has 1 amide bonds. The van der Waals surface area contributed by atoms with E-state index in [0.29, 0.717) is 26.8 Å². The number of benzene rings is 3. The Kier molecular flexibility index (Phi) is 5.12. The summed E-state index contributed by atoms with van der Waals surface area (Å²) in [5.74, 6) is -0.0232. The minimum Gasteiger partial charge on any atom is -0.486 e. The maximum absolute atomic E-state index is 14.5. The summed E-state index contributed by atoms with van der Waals surface area (Å²) in [6, 6.07) is 17.8. The largest absolute Gasteiger partial charge is 0.486 e. The second-order valence-corrected chi connectivity index (χ2v) is 9.03. The molecule has 2 aliphatic rings. The molecule has 7 heteroatoms. The molecule has 1 aliphatic heterocycles. The van der Waals surface area contributed by atoms with Crippen LogP contribution in [0.15, 0.2) is 66.7 Å². The predicted octanol–water partition coefficient (Wildman–Crippen LogP) is 5.35. The van der Waals surface area contributed by atoms with Gasteiger partial charge in [-0.05, 0) is 65.4 Å². The van der Waals surface area contributed by atoms with E-state index in [4.69, 9.17) is 16.3 Å². The highest BCUT2D eigenvalue weighted by Gasteiger charge is 2.27. The maximum Gasteiger partial charge on any atom is 0.257 e. The monoisotopic (exact) mass is 453 g/mol. The molecule has 2 atom stereocenters. The summed E-state index contributed by atoms with van der Waals surface area (Å²) in [5.41, 5.74) is 4.23. The molecule has 0 aromatic heterocycles. The zero-order chi connectivity index (χ0) is 21.5. The number of rotatable bonds is 4. The van der Waals surface area contributed by atoms with Crippen LogP contribution in [0, 0.1) is 5.82 Å². The minimum atomic E-state index is -1.52. The van der Waals surface area contributed by atoms with E-state index >= 15 is 0 Å². The first-order valence-corrected chi connectivity index (χ1v) is 11.3. The fourth-order valence-corrected chi connectivity index (χ4v) is 5.17. The molecule has 1 aliphatic carbocycles. The number of fused-ring (bicyclic) bond motifs is 1. The van der Waals surface area contributed by atoms with Crippen LogP contribution in [-0.4, -0.2) is 10.1 Å². The number of carbonyl (C=O) groups excluding carboxylic acids is 1. The van der Waals surface area contributed by atoms with Crippen LogP contribution in [0.3, 0.4) is 0 Å². The zero-order valence-corrected chi connectivity index (χ0v) is 17.8. The van der Waals surface area contributed by atoms with Crippen LogP contribution >= 0.6 is 11.6 Å². The molecule has 1 N–H and O–H groups in total. The van der Waals surface area contributed by atoms with E-state index in [1.807, 2.05) is 18.2 Å². The van der Waals surface area contributed by atoms with E-state index < -0.39 is 11.0 Å². The van der Waals surface area contributed by atoms with Gasteiger partial charge in [0.15, 0.2) is 11.0 Å². The van der Waals surface area contributed by atoms with Gasteiger partial charge in [-0.15, -0.1) is 0 Å². The van der Waals surface area contributed by atoms with E-state index in [2.05, 4.69) is 4.72 Å². The Morgan fingerprint density at radius 1 is 1.06 bits per heavy atom. The third kappa shape index (κ3) is 3.77. The fraction of sp³-hybridized carbons (Fsp3) is 0.125. The number of halogens is 2. The van der Waals surface area contributed by atoms with Gasteiger partial charge in [0.25, 0.3) is 5.91 Å². The molecule has 1 heterocycles. The van der Waals surface area contributed by atoms with Gasteiger partial charge in [0.05, 0.1) is 4.91 Å². The molecule has 0 spiro atoms. The number of carbonyl (C=O) groups is 1. The molecule has 0 fully saturated rings. The highest BCUT2D eigenvalue weighted by molar-refractivity contribution is 7.93. The van der Waals surface area contributed by atoms with Gasteiger partial charge in [-0.3, -0.25) is 9.52 Å². The Labute approximate surface area is 186 Å². The Balaban J connectivity index is 1.39. The highest BCUT2D eigenvalue weighted by atomic mass is 35.5. The number of ether oxygens (including phenoxy) is 1. The number of hydrogen-bond donors (Lipinski definition) is 1. The molecular formula is C24H17ClFNO3S. The van der Waals surface area contributed by atoms with Gasteiger partial charge in [-0.2, -0.15) is 0 Å². The minimum absolute atomic E-state index is 0.140. The molecule has 3 aromatic carbocycles. The van der Waals surface area contributed by atoms with Crippen molar-refractivity contribution in [3.8, 4) is 16.9 Å². The van der Waals surface area contributed by atoms with Crippen LogP contribution in [0.25, 0.3) is 16.0 Å². The summed E-state index contributed by atoms with van der Waals surface area (Å²) in [5, 5.41) is 0.371. The summed E-state index contributed by atoms with van der Waals surface area (Å²) >= 11 is 5.90. The van der Waals surface area contributed by atoms with Crippen LogP contribution < -0.4 is 9.46 Å². The van der Waals surface area contributed by atoms with Crippen molar-refractivity contribution < 1.29 is 18.1 Å². The summed E-state index contributed by atoms with van der Waals surface area (Å²) in [6.45, 7) is 0. The smallest absolute Gasteiger partial charge is 0.257 e. The third-order valence-electron chi connectivity index (χ3n) is 5.51. The lowest BCUT2D eigenvalue weighted by molar-refractivity contribution is -0.114. The van der Waals surface area contributed by atoms with Gasteiger partial charge in [-0.1, -0.05) is 41.9 Å². The highest BCUT2D eigenvalue weighted by Crippen LogP contribution is 2.41. The predicted molar refractivity (Wildman–Crippen MR) is 119 cm³/mol. The quantitative estimate of drug-likeness (QED) is 0.579. The van der Waals surface area contributed by atoms with Gasteiger partial charge < -0.3 is 4.74 Å². The zero-order valence-electron chi connectivity index (χ0n) is 16.2. The molecule has 3 aromatic rings. The van der Waals surface area contributed by atoms with E-state index in [1.54, 1.807) is 36.4 Å². The van der Waals surface area contributed by atoms with E-state index in [1.165, 1.54) is 12.1 Å². The number of hydrogen-bond acceptors (Lipinski definition) is 3. The molecule has 0 saturated carbocycles. The average Bonchev–Trinajstić information content (AvgIpc) is 3.31. The summed E-state index contributed by atoms with van der Waals surface area (Å²) in [4.78, 5) is 11.8. The topological polar surface area (TPSA) is 55.4 Å². The van der Waals surface area contributed by atoms with Gasteiger partial charge in [0.2, 0.25) is 0 Å². The first-order chi connectivity index (χ1) is 15.0. The normalized spacial score (nSPS) is 19.7. The first-order valence-electron chi connectivity index (χ1n) is 9.78. The summed E-state index contributed by atoms with van der Waals surface area (Å²) < 4.78 is 35.0. The van der Waals surface area contributed by atoms with Crippen molar-refractivity contribution in [3.63, 3.8) is 0 Å². The van der Waals surface area contributed by atoms with Gasteiger partial charge >= 0.3 is 0 Å². The molecule has 31 heavy (non-hydrogen) atoms. The average molecular weight is 454 g/mol. The molecule has 0 radical (unpaired) electrons. The Hall–Kier alpha value is -2.96. The lowest BCUT2D eigenvalue weighted by Gasteiger charge is -2.16. The van der Waals surface area contributed by atoms with Gasteiger partial charge in [0.1, 0.15) is 17.7 Å². The Morgan fingerprint density at radius 3 is 2.58 bits per heavy atom. The van der Waals surface area contributed by atoms with Gasteiger partial charge in [0, 0.05) is 16.7 Å². The van der Waals surface area contributed by atoms with E-state index in [9.17, 15) is 13.4 Å². The van der Waals surface area contributed by atoms with E-state index in [-0.39, 0.29) is 17.8 Å². The van der Waals surface area contributed by atoms with Crippen LogP contribution in [-0.2, 0) is 22.2 Å². The summed E-state index contributed by atoms with van der Waals surface area (Å²) in [7, 11) is -1.52. The second-order valence-electron chi connectivity index (χ2n) is 7.41. The van der Waals surface area contributed by atoms with Crippen molar-refractivity contribution in [1.29, 1.82) is 0 Å². The molecule has 4 nitrogen and oxygen atoms in total. The van der Waals surface area contributed by atoms with Crippen molar-refractivity contribution in [3.05, 3.63) is 94.3 Å². The second kappa shape index (κ2) is 7.94. The SMILES string of the molecule is O=C1C=C(c2ccc(O[C@@H]3CCc4c(-c5ccc(Cl)cc5F)cccc43)cc2)S(=O)N1. The third-order valence-corrected chi connectivity index (χ3v) is 6.88. The maximum atomic E-state index is 14.5. The van der Waals surface area contributed by atoms with Crippen molar-refractivity contribution in [2.24, 2.45) is 0 Å². The van der Waals surface area contributed by atoms with Crippen molar-refractivity contribution in [2.75, 3.05) is 0 Å². The molecule has 5 rings (SSSR count). The molecule has 0 bridgehead atoms. The first kappa shape index (κ1) is 20.0. The fourth-order valence-electron chi connectivity index (χ4n) is 4.10. The van der Waals surface area contributed by atoms with Crippen LogP contribution in [0.1, 0.15) is 29.2 Å². The lowest BCUT2D eigenvalue weighted by Crippen LogP contribution is -2.16. The van der Waals surface area contributed by atoms with Crippen molar-refractivity contribution in [2.45, 2.75) is 18.9 Å². The van der Waals surface area contributed by atoms with E-state index in [0.717, 1.165) is 29.5 Å². The Morgan fingerprint density at radius 2 is 1.87 bits per heavy atom. The summed E-state index contributed by atoms with van der Waals surface area (Å²) in [6.07, 6.45) is 2.78. The molecule has 156 valence electrons. The van der Waals surface area contributed by atoms with Crippen LogP contribution in [0.4, 0.5) is 4.39 Å². The Bertz CT molecular complexity index is 1260. The van der Waals surface area contributed by atoms with Crippen LogP contribution in [0.2, 0.25) is 5.02 Å². The van der Waals surface area contributed by atoms with Crippen molar-refractivity contribution >= 4 is 33.4 Å². The van der Waals surface area contributed by atoms with Crippen LogP contribution in [0.5, 0.6) is 5.75 Å². The van der Waals surface area contributed by atoms with Crippen molar-refractivity contribution in [1.82, 2.24) is 4.72 Å². The number of nitrogens with one attached hydrogen (secondary N) is 1. The van der Waals surface area contributed by atoms with Gasteiger partial charge in [-0.25, -0.2) is 8.60 Å². The molecular weight excluding hydrogens is 437 g/mol. The molecule has 0 saturated heterocycles.